The van der Waals surface area contributed by atoms with Crippen molar-refractivity contribution in [3.63, 3.8) is 0 Å². The number of aryl methyl sites for hydroxylation is 1. The first-order chi connectivity index (χ1) is 7.80. The molecule has 0 saturated carbocycles. The van der Waals surface area contributed by atoms with Crippen LogP contribution in [0.25, 0.3) is 0 Å². The van der Waals surface area contributed by atoms with Crippen LogP contribution in [0, 0.1) is 0 Å². The Morgan fingerprint density at radius 2 is 2.12 bits per heavy atom. The maximum absolute atomic E-state index is 5.33. The van der Waals surface area contributed by atoms with Crippen molar-refractivity contribution in [2.45, 2.75) is 19.8 Å². The number of methoxy groups -OCH3 is 1. The molecule has 0 radical (unpaired) electrons. The second-order valence-corrected chi connectivity index (χ2v) is 3.33. The zero-order valence-corrected chi connectivity index (χ0v) is 9.79. The Bertz CT molecular complexity index is 296. The summed E-state index contributed by atoms with van der Waals surface area (Å²) in [5.41, 5.74) is 2.53. The number of hydrogen-bond acceptors (Lipinski definition) is 6. The van der Waals surface area contributed by atoms with E-state index in [4.69, 9.17) is 10.6 Å². The number of ether oxygens (including phenoxy) is 1. The molecule has 0 amide bonds. The number of rotatable bonds is 7. The number of nitrogen functional groups attached to an aromatic ring is 1. The van der Waals surface area contributed by atoms with Gasteiger partial charge in [-0.3, -0.25) is 0 Å². The molecule has 0 saturated heterocycles. The first-order valence-corrected chi connectivity index (χ1v) is 5.37. The molecule has 90 valence electrons. The molecule has 1 aromatic rings. The summed E-state index contributed by atoms with van der Waals surface area (Å²) < 4.78 is 4.96. The molecule has 0 bridgehead atoms. The Hall–Kier alpha value is -1.40. The van der Waals surface area contributed by atoms with Crippen LogP contribution in [0.4, 0.5) is 11.6 Å². The summed E-state index contributed by atoms with van der Waals surface area (Å²) in [5, 5.41) is 3.20. The van der Waals surface area contributed by atoms with E-state index in [0.717, 1.165) is 37.6 Å². The zero-order valence-electron chi connectivity index (χ0n) is 9.79. The number of aromatic nitrogens is 2. The number of nitrogens with zero attached hydrogens (tertiary/aromatic N) is 2. The van der Waals surface area contributed by atoms with Crippen molar-refractivity contribution >= 4 is 11.6 Å². The van der Waals surface area contributed by atoms with Gasteiger partial charge < -0.3 is 15.5 Å². The molecule has 1 rings (SSSR count). The average Bonchev–Trinajstić information content (AvgIpc) is 2.34. The molecule has 0 fully saturated rings. The SMILES string of the molecule is CCc1nc(NN)cc(NCCCOC)n1. The van der Waals surface area contributed by atoms with Gasteiger partial charge in [-0.2, -0.15) is 0 Å². The smallest absolute Gasteiger partial charge is 0.145 e. The van der Waals surface area contributed by atoms with Crippen molar-refractivity contribution < 1.29 is 4.74 Å². The molecule has 0 spiro atoms. The molecule has 0 unspecified atom stereocenters. The van der Waals surface area contributed by atoms with E-state index in [1.54, 1.807) is 13.2 Å². The minimum atomic E-state index is 0.626. The Balaban J connectivity index is 2.57. The first-order valence-electron chi connectivity index (χ1n) is 5.37. The van der Waals surface area contributed by atoms with Crippen LogP contribution in [-0.4, -0.2) is 30.2 Å². The molecule has 16 heavy (non-hydrogen) atoms. The summed E-state index contributed by atoms with van der Waals surface area (Å²) in [6.07, 6.45) is 1.72. The molecule has 4 N–H and O–H groups in total. The summed E-state index contributed by atoms with van der Waals surface area (Å²) in [4.78, 5) is 8.54. The van der Waals surface area contributed by atoms with E-state index in [-0.39, 0.29) is 0 Å². The van der Waals surface area contributed by atoms with Crippen LogP contribution < -0.4 is 16.6 Å². The highest BCUT2D eigenvalue weighted by atomic mass is 16.5. The van der Waals surface area contributed by atoms with Gasteiger partial charge in [0.15, 0.2) is 0 Å². The van der Waals surface area contributed by atoms with E-state index < -0.39 is 0 Å². The fourth-order valence-corrected chi connectivity index (χ4v) is 1.25. The molecule has 0 aliphatic carbocycles. The van der Waals surface area contributed by atoms with Gasteiger partial charge in [0.2, 0.25) is 0 Å². The van der Waals surface area contributed by atoms with Crippen molar-refractivity contribution in [1.82, 2.24) is 9.97 Å². The molecule has 6 nitrogen and oxygen atoms in total. The Kier molecular flexibility index (Phi) is 5.52. The highest BCUT2D eigenvalue weighted by molar-refractivity contribution is 5.46. The van der Waals surface area contributed by atoms with E-state index in [9.17, 15) is 0 Å². The van der Waals surface area contributed by atoms with Crippen LogP contribution in [-0.2, 0) is 11.2 Å². The largest absolute Gasteiger partial charge is 0.385 e. The van der Waals surface area contributed by atoms with Crippen LogP contribution in [0.2, 0.25) is 0 Å². The molecule has 6 heteroatoms. The topological polar surface area (TPSA) is 85.1 Å². The van der Waals surface area contributed by atoms with Crippen molar-refractivity contribution in [3.05, 3.63) is 11.9 Å². The summed E-state index contributed by atoms with van der Waals surface area (Å²) in [6.45, 7) is 3.56. The summed E-state index contributed by atoms with van der Waals surface area (Å²) in [6, 6.07) is 1.78. The molecule has 0 atom stereocenters. The summed E-state index contributed by atoms with van der Waals surface area (Å²) in [5.74, 6) is 7.51. The number of hydrogen-bond donors (Lipinski definition) is 3. The predicted octanol–water partition coefficient (Wildman–Crippen LogP) is 0.773. The van der Waals surface area contributed by atoms with E-state index in [1.807, 2.05) is 6.92 Å². The quantitative estimate of drug-likeness (QED) is 0.361. The standard InChI is InChI=1S/C10H19N5O/c1-3-8-13-9(7-10(14-8)15-11)12-5-4-6-16-2/h7H,3-6,11H2,1-2H3,(H2,12,13,14,15). The van der Waals surface area contributed by atoms with E-state index in [2.05, 4.69) is 20.7 Å². The lowest BCUT2D eigenvalue weighted by atomic mass is 10.4. The van der Waals surface area contributed by atoms with Gasteiger partial charge in [-0.1, -0.05) is 6.92 Å². The van der Waals surface area contributed by atoms with Crippen LogP contribution in [0.15, 0.2) is 6.07 Å². The van der Waals surface area contributed by atoms with Crippen LogP contribution in [0.3, 0.4) is 0 Å². The van der Waals surface area contributed by atoms with Gasteiger partial charge in [0.05, 0.1) is 0 Å². The third-order valence-electron chi connectivity index (χ3n) is 2.07. The first kappa shape index (κ1) is 12.7. The van der Waals surface area contributed by atoms with Gasteiger partial charge in [0, 0.05) is 32.7 Å². The molecule has 1 aromatic heterocycles. The molecule has 0 aromatic carbocycles. The maximum atomic E-state index is 5.33. The number of nitrogens with two attached hydrogens (primary N) is 1. The van der Waals surface area contributed by atoms with E-state index in [0.29, 0.717) is 5.82 Å². The van der Waals surface area contributed by atoms with Gasteiger partial charge in [-0.15, -0.1) is 0 Å². The van der Waals surface area contributed by atoms with Gasteiger partial charge in [-0.05, 0) is 6.42 Å². The van der Waals surface area contributed by atoms with Crippen LogP contribution in [0.5, 0.6) is 0 Å². The minimum Gasteiger partial charge on any atom is -0.385 e. The molecule has 0 aliphatic rings. The molecule has 0 aliphatic heterocycles. The normalized spacial score (nSPS) is 10.2. The van der Waals surface area contributed by atoms with Crippen LogP contribution in [0.1, 0.15) is 19.2 Å². The van der Waals surface area contributed by atoms with Crippen molar-refractivity contribution in [1.29, 1.82) is 0 Å². The number of anilines is 2. The monoisotopic (exact) mass is 225 g/mol. The maximum Gasteiger partial charge on any atom is 0.145 e. The van der Waals surface area contributed by atoms with Crippen LogP contribution >= 0.6 is 0 Å². The fraction of sp³-hybridized carbons (Fsp3) is 0.600. The molecular formula is C10H19N5O. The Morgan fingerprint density at radius 1 is 1.38 bits per heavy atom. The Morgan fingerprint density at radius 3 is 2.75 bits per heavy atom. The zero-order chi connectivity index (χ0) is 11.8. The highest BCUT2D eigenvalue weighted by Gasteiger charge is 2.01. The van der Waals surface area contributed by atoms with E-state index >= 15 is 0 Å². The van der Waals surface area contributed by atoms with Crippen molar-refractivity contribution in [3.8, 4) is 0 Å². The Labute approximate surface area is 95.6 Å². The summed E-state index contributed by atoms with van der Waals surface area (Å²) >= 11 is 0. The van der Waals surface area contributed by atoms with Gasteiger partial charge in [-0.25, -0.2) is 15.8 Å². The number of nitrogens with one attached hydrogen (secondary N) is 2. The lowest BCUT2D eigenvalue weighted by Gasteiger charge is -2.08. The minimum absolute atomic E-state index is 0.626. The highest BCUT2D eigenvalue weighted by Crippen LogP contribution is 2.10. The van der Waals surface area contributed by atoms with Gasteiger partial charge in [0.1, 0.15) is 17.5 Å². The third kappa shape index (κ3) is 4.00. The summed E-state index contributed by atoms with van der Waals surface area (Å²) in [7, 11) is 1.69. The second-order valence-electron chi connectivity index (χ2n) is 3.33. The predicted molar refractivity (Wildman–Crippen MR) is 64.2 cm³/mol. The lowest BCUT2D eigenvalue weighted by Crippen LogP contribution is -2.13. The number of hydrazine groups is 1. The van der Waals surface area contributed by atoms with Gasteiger partial charge in [0.25, 0.3) is 0 Å². The molecular weight excluding hydrogens is 206 g/mol. The van der Waals surface area contributed by atoms with Crippen molar-refractivity contribution in [2.24, 2.45) is 5.84 Å². The van der Waals surface area contributed by atoms with E-state index in [1.165, 1.54) is 0 Å². The fourth-order valence-electron chi connectivity index (χ4n) is 1.25. The third-order valence-corrected chi connectivity index (χ3v) is 2.07. The average molecular weight is 225 g/mol. The van der Waals surface area contributed by atoms with Crippen molar-refractivity contribution in [2.75, 3.05) is 31.0 Å². The second kappa shape index (κ2) is 6.97. The lowest BCUT2D eigenvalue weighted by molar-refractivity contribution is 0.198. The molecule has 1 heterocycles. The van der Waals surface area contributed by atoms with Gasteiger partial charge >= 0.3 is 0 Å².